The van der Waals surface area contributed by atoms with Gasteiger partial charge in [-0.1, -0.05) is 12.1 Å². The van der Waals surface area contributed by atoms with Crippen LogP contribution in [-0.2, 0) is 19.4 Å². The number of benzene rings is 1. The summed E-state index contributed by atoms with van der Waals surface area (Å²) < 4.78 is 16.4. The summed E-state index contributed by atoms with van der Waals surface area (Å²) in [6.07, 6.45) is 4.50. The van der Waals surface area contributed by atoms with Crippen molar-refractivity contribution in [2.45, 2.75) is 32.3 Å². The molecular weight excluding hydrogens is 292 g/mol. The normalized spacial score (nSPS) is 13.8. The predicted octanol–water partition coefficient (Wildman–Crippen LogP) is 3.69. The lowest BCUT2D eigenvalue weighted by Crippen LogP contribution is -2.04. The first kappa shape index (κ1) is 14.1. The highest BCUT2D eigenvalue weighted by atomic mass is 16.5. The van der Waals surface area contributed by atoms with Crippen LogP contribution in [0.25, 0.3) is 11.1 Å². The second-order valence-corrected chi connectivity index (χ2v) is 5.78. The van der Waals surface area contributed by atoms with E-state index in [1.807, 2.05) is 24.3 Å². The molecule has 0 saturated heterocycles. The fraction of sp³-hybridized carbons (Fsp3) is 0.333. The van der Waals surface area contributed by atoms with E-state index in [0.29, 0.717) is 18.2 Å². The van der Waals surface area contributed by atoms with E-state index in [1.54, 1.807) is 7.11 Å². The highest BCUT2D eigenvalue weighted by Crippen LogP contribution is 2.29. The molecule has 1 aliphatic carbocycles. The molecule has 0 fully saturated rings. The first-order valence-electron chi connectivity index (χ1n) is 7.87. The van der Waals surface area contributed by atoms with Crippen LogP contribution in [0, 0.1) is 0 Å². The average Bonchev–Trinajstić information content (AvgIpc) is 3.00. The van der Waals surface area contributed by atoms with Crippen molar-refractivity contribution >= 4 is 11.1 Å². The Bertz CT molecular complexity index is 841. The molecule has 0 bridgehead atoms. The number of fused-ring (bicyclic) bond motifs is 2. The maximum absolute atomic E-state index is 5.84. The molecule has 4 rings (SSSR count). The molecular formula is C18H18N2O3. The summed E-state index contributed by atoms with van der Waals surface area (Å²) in [6.45, 7) is 0.413. The third-order valence-corrected chi connectivity index (χ3v) is 4.22. The number of methoxy groups -OCH3 is 1. The summed E-state index contributed by atoms with van der Waals surface area (Å²) in [6, 6.07) is 9.91. The molecule has 0 amide bonds. The lowest BCUT2D eigenvalue weighted by molar-refractivity contribution is 0.273. The van der Waals surface area contributed by atoms with Gasteiger partial charge in [-0.15, -0.1) is 0 Å². The van der Waals surface area contributed by atoms with Gasteiger partial charge in [0.25, 0.3) is 11.6 Å². The quantitative estimate of drug-likeness (QED) is 0.735. The van der Waals surface area contributed by atoms with Gasteiger partial charge in [0.2, 0.25) is 0 Å². The van der Waals surface area contributed by atoms with Crippen molar-refractivity contribution in [1.29, 1.82) is 0 Å². The van der Waals surface area contributed by atoms with Crippen LogP contribution >= 0.6 is 0 Å². The van der Waals surface area contributed by atoms with E-state index < -0.39 is 0 Å². The third-order valence-electron chi connectivity index (χ3n) is 4.22. The second-order valence-electron chi connectivity index (χ2n) is 5.78. The zero-order chi connectivity index (χ0) is 15.6. The van der Waals surface area contributed by atoms with Gasteiger partial charge >= 0.3 is 0 Å². The van der Waals surface area contributed by atoms with Crippen LogP contribution in [0.4, 0.5) is 0 Å². The number of aromatic nitrogens is 2. The van der Waals surface area contributed by atoms with Crippen LogP contribution in [0.2, 0.25) is 0 Å². The molecule has 0 unspecified atom stereocenters. The fourth-order valence-electron chi connectivity index (χ4n) is 2.99. The number of ether oxygens (including phenoxy) is 2. The van der Waals surface area contributed by atoms with Crippen LogP contribution in [-0.4, -0.2) is 17.3 Å². The number of nitrogens with zero attached hydrogens (tertiary/aromatic N) is 2. The Kier molecular flexibility index (Phi) is 3.61. The maximum Gasteiger partial charge on any atom is 0.264 e. The van der Waals surface area contributed by atoms with Gasteiger partial charge < -0.3 is 14.0 Å². The zero-order valence-electron chi connectivity index (χ0n) is 13.0. The summed E-state index contributed by atoms with van der Waals surface area (Å²) in [5, 5.41) is 4.89. The number of hydrogen-bond acceptors (Lipinski definition) is 5. The van der Waals surface area contributed by atoms with Crippen molar-refractivity contribution < 1.29 is 14.0 Å². The molecule has 1 aromatic carbocycles. The first-order valence-corrected chi connectivity index (χ1v) is 7.87. The molecule has 23 heavy (non-hydrogen) atoms. The highest BCUT2D eigenvalue weighted by Gasteiger charge is 2.17. The highest BCUT2D eigenvalue weighted by molar-refractivity contribution is 5.80. The Morgan fingerprint density at radius 3 is 3.00 bits per heavy atom. The van der Waals surface area contributed by atoms with E-state index in [4.69, 9.17) is 14.0 Å². The lowest BCUT2D eigenvalue weighted by Gasteiger charge is -2.13. The van der Waals surface area contributed by atoms with Crippen LogP contribution in [0.1, 0.15) is 29.7 Å². The molecule has 0 radical (unpaired) electrons. The Morgan fingerprint density at radius 1 is 1.17 bits per heavy atom. The van der Waals surface area contributed by atoms with Gasteiger partial charge in [0, 0.05) is 5.69 Å². The number of aryl methyl sites for hydroxylation is 2. The van der Waals surface area contributed by atoms with Gasteiger partial charge in [-0.3, -0.25) is 0 Å². The monoisotopic (exact) mass is 310 g/mol. The zero-order valence-corrected chi connectivity index (χ0v) is 13.0. The van der Waals surface area contributed by atoms with Gasteiger partial charge in [0.15, 0.2) is 0 Å². The van der Waals surface area contributed by atoms with Crippen LogP contribution in [0.15, 0.2) is 34.9 Å². The van der Waals surface area contributed by atoms with Crippen molar-refractivity contribution in [3.63, 3.8) is 0 Å². The molecule has 0 atom stereocenters. The van der Waals surface area contributed by atoms with Gasteiger partial charge in [-0.05, 0) is 60.2 Å². The molecule has 3 aromatic rings. The Hall–Kier alpha value is -2.56. The number of rotatable bonds is 4. The molecule has 5 heteroatoms. The van der Waals surface area contributed by atoms with Crippen molar-refractivity contribution in [2.24, 2.45) is 0 Å². The standard InChI is InChI=1S/C18H18N2O3/c1-21-14-7-4-5-12(9-14)11-22-18-15-10-13-6-2-3-8-16(13)19-17(15)23-20-18/h4-5,7,9-10H,2-3,6,8,11H2,1H3. The number of hydrogen-bond donors (Lipinski definition) is 0. The van der Waals surface area contributed by atoms with Crippen LogP contribution in [0.5, 0.6) is 11.6 Å². The van der Waals surface area contributed by atoms with Crippen molar-refractivity contribution in [1.82, 2.24) is 10.1 Å². The molecule has 2 aromatic heterocycles. The fourth-order valence-corrected chi connectivity index (χ4v) is 2.99. The maximum atomic E-state index is 5.84. The molecule has 2 heterocycles. The SMILES string of the molecule is COc1cccc(COc2noc3nc4c(cc23)CCCC4)c1. The molecule has 0 saturated carbocycles. The Balaban J connectivity index is 1.59. The molecule has 118 valence electrons. The number of pyridine rings is 1. The minimum Gasteiger partial charge on any atom is -0.497 e. The second kappa shape index (κ2) is 5.91. The van der Waals surface area contributed by atoms with Crippen molar-refractivity contribution in [2.75, 3.05) is 7.11 Å². The lowest BCUT2D eigenvalue weighted by atomic mass is 9.96. The van der Waals surface area contributed by atoms with Gasteiger partial charge in [0.05, 0.1) is 7.11 Å². The molecule has 0 spiro atoms. The van der Waals surface area contributed by atoms with Crippen LogP contribution < -0.4 is 9.47 Å². The predicted molar refractivity (Wildman–Crippen MR) is 85.8 cm³/mol. The summed E-state index contributed by atoms with van der Waals surface area (Å²) in [5.74, 6) is 1.32. The Morgan fingerprint density at radius 2 is 2.09 bits per heavy atom. The molecule has 5 nitrogen and oxygen atoms in total. The first-order chi connectivity index (χ1) is 11.3. The topological polar surface area (TPSA) is 57.4 Å². The average molecular weight is 310 g/mol. The van der Waals surface area contributed by atoms with E-state index >= 15 is 0 Å². The third kappa shape index (κ3) is 2.74. The van der Waals surface area contributed by atoms with Gasteiger partial charge in [-0.2, -0.15) is 0 Å². The van der Waals surface area contributed by atoms with E-state index in [-0.39, 0.29) is 0 Å². The van der Waals surface area contributed by atoms with E-state index in [0.717, 1.165) is 35.2 Å². The smallest absolute Gasteiger partial charge is 0.264 e. The van der Waals surface area contributed by atoms with Crippen LogP contribution in [0.3, 0.4) is 0 Å². The minimum atomic E-state index is 0.413. The van der Waals surface area contributed by atoms with Gasteiger partial charge in [-0.25, -0.2) is 4.98 Å². The van der Waals surface area contributed by atoms with E-state index in [2.05, 4.69) is 16.2 Å². The molecule has 1 aliphatic rings. The Labute approximate surface area is 134 Å². The van der Waals surface area contributed by atoms with Crippen molar-refractivity contribution in [3.05, 3.63) is 47.2 Å². The summed E-state index contributed by atoms with van der Waals surface area (Å²) in [4.78, 5) is 4.59. The summed E-state index contributed by atoms with van der Waals surface area (Å²) in [7, 11) is 1.65. The summed E-state index contributed by atoms with van der Waals surface area (Å²) >= 11 is 0. The largest absolute Gasteiger partial charge is 0.497 e. The molecule has 0 N–H and O–H groups in total. The van der Waals surface area contributed by atoms with E-state index in [9.17, 15) is 0 Å². The van der Waals surface area contributed by atoms with Gasteiger partial charge in [0.1, 0.15) is 17.7 Å². The van der Waals surface area contributed by atoms with E-state index in [1.165, 1.54) is 18.4 Å². The summed E-state index contributed by atoms with van der Waals surface area (Å²) in [5.41, 5.74) is 4.01. The molecule has 0 aliphatic heterocycles. The minimum absolute atomic E-state index is 0.413. The van der Waals surface area contributed by atoms with Crippen molar-refractivity contribution in [3.8, 4) is 11.6 Å².